The van der Waals surface area contributed by atoms with Crippen molar-refractivity contribution in [3.63, 3.8) is 0 Å². The van der Waals surface area contributed by atoms with Crippen molar-refractivity contribution in [1.82, 2.24) is 0 Å². The highest BCUT2D eigenvalue weighted by Gasteiger charge is 2.43. The van der Waals surface area contributed by atoms with Crippen LogP contribution >= 0.6 is 0 Å². The summed E-state index contributed by atoms with van der Waals surface area (Å²) in [6, 6.07) is 5.35. The average Bonchev–Trinajstić information content (AvgIpc) is 2.49. The molecule has 0 amide bonds. The van der Waals surface area contributed by atoms with Gasteiger partial charge in [-0.15, -0.1) is 0 Å². The third kappa shape index (κ3) is 3.28. The predicted molar refractivity (Wildman–Crippen MR) is 75.1 cm³/mol. The first-order valence-corrected chi connectivity index (χ1v) is 6.69. The zero-order valence-corrected chi connectivity index (χ0v) is 11.9. The topological polar surface area (TPSA) is 111 Å². The fraction of sp³-hybridized carbons (Fsp3) is 0.571. The number of benzene rings is 1. The minimum absolute atomic E-state index is 0.458. The van der Waals surface area contributed by atoms with Gasteiger partial charge in [-0.1, -0.05) is 6.07 Å². The molecular weight excluding hydrogens is 278 g/mol. The summed E-state index contributed by atoms with van der Waals surface area (Å²) in [4.78, 5) is 0. The third-order valence-corrected chi connectivity index (χ3v) is 3.61. The molecule has 7 heteroatoms. The quantitative estimate of drug-likeness (QED) is 0.495. The first-order chi connectivity index (χ1) is 9.97. The van der Waals surface area contributed by atoms with Crippen LogP contribution < -0.4 is 10.1 Å². The van der Waals surface area contributed by atoms with E-state index in [1.165, 1.54) is 0 Å². The lowest BCUT2D eigenvalue weighted by molar-refractivity contribution is -0.221. The van der Waals surface area contributed by atoms with Crippen molar-refractivity contribution >= 4 is 5.69 Å². The van der Waals surface area contributed by atoms with Gasteiger partial charge in [-0.25, -0.2) is 0 Å². The summed E-state index contributed by atoms with van der Waals surface area (Å²) >= 11 is 0. The Morgan fingerprint density at radius 3 is 2.52 bits per heavy atom. The van der Waals surface area contributed by atoms with Crippen LogP contribution in [0.2, 0.25) is 0 Å². The minimum atomic E-state index is -1.40. The highest BCUT2D eigenvalue weighted by Crippen LogP contribution is 2.26. The summed E-state index contributed by atoms with van der Waals surface area (Å²) in [7, 11) is 1.56. The number of aliphatic hydroxyl groups is 4. The lowest BCUT2D eigenvalue weighted by atomic mass is 9.98. The normalized spacial score (nSPS) is 32.8. The van der Waals surface area contributed by atoms with Crippen LogP contribution in [0.5, 0.6) is 5.75 Å². The van der Waals surface area contributed by atoms with Gasteiger partial charge < -0.3 is 35.2 Å². The standard InChI is InChI=1S/C14H21NO6/c1-7-3-4-8(5-9(7)20-2)15-14-13(19)12(18)11(17)10(6-16)21-14/h3-5,10-19H,6H2,1-2H3/t10-,11+,12+,13+,14+/m0/s1. The smallest absolute Gasteiger partial charge is 0.157 e. The average molecular weight is 299 g/mol. The van der Waals surface area contributed by atoms with E-state index in [0.29, 0.717) is 11.4 Å². The SMILES string of the molecule is COc1cc(N[C@@H]2O[C@@H](CO)[C@@H](O)[C@@H](O)[C@H]2O)ccc1C. The molecule has 0 bridgehead atoms. The Morgan fingerprint density at radius 1 is 1.19 bits per heavy atom. The van der Waals surface area contributed by atoms with Crippen LogP contribution in [0.1, 0.15) is 5.56 Å². The highest BCUT2D eigenvalue weighted by molar-refractivity contribution is 5.52. The molecule has 1 saturated heterocycles. The van der Waals surface area contributed by atoms with E-state index in [-0.39, 0.29) is 0 Å². The molecule has 1 heterocycles. The van der Waals surface area contributed by atoms with Crippen LogP contribution in [0.4, 0.5) is 5.69 Å². The van der Waals surface area contributed by atoms with Crippen molar-refractivity contribution in [2.75, 3.05) is 19.0 Å². The van der Waals surface area contributed by atoms with Crippen molar-refractivity contribution in [2.45, 2.75) is 37.6 Å². The molecule has 5 atom stereocenters. The maximum absolute atomic E-state index is 9.95. The number of anilines is 1. The molecule has 21 heavy (non-hydrogen) atoms. The van der Waals surface area contributed by atoms with E-state index in [0.717, 1.165) is 5.56 Å². The molecule has 2 rings (SSSR count). The summed E-state index contributed by atoms with van der Waals surface area (Å²) in [5.41, 5.74) is 1.58. The van der Waals surface area contributed by atoms with Gasteiger partial charge in [-0.3, -0.25) is 0 Å². The molecule has 5 N–H and O–H groups in total. The van der Waals surface area contributed by atoms with Crippen LogP contribution in [0.3, 0.4) is 0 Å². The summed E-state index contributed by atoms with van der Waals surface area (Å²) in [6.45, 7) is 1.44. The molecule has 1 aromatic carbocycles. The Labute approximate surface area is 122 Å². The van der Waals surface area contributed by atoms with Gasteiger partial charge in [0.05, 0.1) is 13.7 Å². The Balaban J connectivity index is 2.14. The van der Waals surface area contributed by atoms with E-state index < -0.39 is 37.3 Å². The van der Waals surface area contributed by atoms with E-state index in [2.05, 4.69) is 5.32 Å². The summed E-state index contributed by atoms with van der Waals surface area (Å²) in [6.07, 6.45) is -5.98. The van der Waals surface area contributed by atoms with Crippen molar-refractivity contribution in [1.29, 1.82) is 0 Å². The lowest BCUT2D eigenvalue weighted by Crippen LogP contribution is -2.60. The molecule has 0 radical (unpaired) electrons. The van der Waals surface area contributed by atoms with E-state index in [1.807, 2.05) is 13.0 Å². The Kier molecular flexibility index (Phi) is 5.02. The molecule has 0 unspecified atom stereocenters. The van der Waals surface area contributed by atoms with E-state index >= 15 is 0 Å². The number of aliphatic hydroxyl groups excluding tert-OH is 4. The van der Waals surface area contributed by atoms with E-state index in [9.17, 15) is 15.3 Å². The van der Waals surface area contributed by atoms with Crippen LogP contribution in [0, 0.1) is 6.92 Å². The van der Waals surface area contributed by atoms with Gasteiger partial charge in [-0.2, -0.15) is 0 Å². The molecule has 0 aromatic heterocycles. The highest BCUT2D eigenvalue weighted by atomic mass is 16.6. The van der Waals surface area contributed by atoms with Gasteiger partial charge in [0.15, 0.2) is 6.23 Å². The van der Waals surface area contributed by atoms with Gasteiger partial charge in [-0.05, 0) is 18.6 Å². The third-order valence-electron chi connectivity index (χ3n) is 3.61. The van der Waals surface area contributed by atoms with Gasteiger partial charge in [0, 0.05) is 11.8 Å². The molecule has 1 aliphatic heterocycles. The van der Waals surface area contributed by atoms with Gasteiger partial charge >= 0.3 is 0 Å². The maximum atomic E-state index is 9.95. The molecular formula is C14H21NO6. The van der Waals surface area contributed by atoms with Crippen molar-refractivity contribution < 1.29 is 29.9 Å². The number of ether oxygens (including phenoxy) is 2. The second kappa shape index (κ2) is 6.59. The summed E-state index contributed by atoms with van der Waals surface area (Å²) in [5, 5.41) is 41.5. The number of methoxy groups -OCH3 is 1. The van der Waals surface area contributed by atoms with Crippen molar-refractivity contribution in [2.24, 2.45) is 0 Å². The number of hydrogen-bond donors (Lipinski definition) is 5. The first kappa shape index (κ1) is 16.0. The second-order valence-electron chi connectivity index (χ2n) is 5.08. The van der Waals surface area contributed by atoms with E-state index in [4.69, 9.17) is 14.6 Å². The van der Waals surface area contributed by atoms with Crippen molar-refractivity contribution in [3.8, 4) is 5.75 Å². The van der Waals surface area contributed by atoms with Crippen LogP contribution in [-0.2, 0) is 4.74 Å². The largest absolute Gasteiger partial charge is 0.496 e. The number of nitrogens with one attached hydrogen (secondary N) is 1. The first-order valence-electron chi connectivity index (χ1n) is 6.69. The summed E-state index contributed by atoms with van der Waals surface area (Å²) in [5.74, 6) is 0.671. The molecule has 0 spiro atoms. The molecule has 1 fully saturated rings. The lowest BCUT2D eigenvalue weighted by Gasteiger charge is -2.40. The molecule has 1 aliphatic rings. The maximum Gasteiger partial charge on any atom is 0.157 e. The molecule has 0 aliphatic carbocycles. The summed E-state index contributed by atoms with van der Waals surface area (Å²) < 4.78 is 10.6. The van der Waals surface area contributed by atoms with Gasteiger partial charge in [0.25, 0.3) is 0 Å². The Morgan fingerprint density at radius 2 is 1.90 bits per heavy atom. The molecule has 7 nitrogen and oxygen atoms in total. The minimum Gasteiger partial charge on any atom is -0.496 e. The van der Waals surface area contributed by atoms with E-state index in [1.54, 1.807) is 19.2 Å². The van der Waals surface area contributed by atoms with Crippen molar-refractivity contribution in [3.05, 3.63) is 23.8 Å². The number of hydrogen-bond acceptors (Lipinski definition) is 7. The van der Waals surface area contributed by atoms with Crippen LogP contribution in [-0.4, -0.2) is 64.8 Å². The second-order valence-corrected chi connectivity index (χ2v) is 5.08. The Bertz CT molecular complexity index is 481. The zero-order chi connectivity index (χ0) is 15.6. The monoisotopic (exact) mass is 299 g/mol. The van der Waals surface area contributed by atoms with Gasteiger partial charge in [0.1, 0.15) is 30.2 Å². The fourth-order valence-electron chi connectivity index (χ4n) is 2.29. The molecule has 1 aromatic rings. The molecule has 118 valence electrons. The Hall–Kier alpha value is -1.38. The zero-order valence-electron chi connectivity index (χ0n) is 11.9. The molecule has 0 saturated carbocycles. The fourth-order valence-corrected chi connectivity index (χ4v) is 2.29. The van der Waals surface area contributed by atoms with Gasteiger partial charge in [0.2, 0.25) is 0 Å². The number of rotatable bonds is 4. The van der Waals surface area contributed by atoms with Crippen LogP contribution in [0.25, 0.3) is 0 Å². The number of aryl methyl sites for hydroxylation is 1. The predicted octanol–water partition coefficient (Wildman–Crippen LogP) is -0.785. The van der Waals surface area contributed by atoms with Crippen LogP contribution in [0.15, 0.2) is 18.2 Å².